The maximum absolute atomic E-state index is 12.5. The van der Waals surface area contributed by atoms with Crippen LogP contribution in [0.25, 0.3) is 6.08 Å². The standard InChI is InChI=1S/C18H24N2O5/c1-17(2,3)25-16(21)19-15(12-24-18(19,4)5)11-8-13-6-9-14(10-7-13)20(22)23/h6-11,15H,12H2,1-5H3/b11-8-/t15-/m0/s1. The van der Waals surface area contributed by atoms with Crippen molar-refractivity contribution in [2.24, 2.45) is 0 Å². The summed E-state index contributed by atoms with van der Waals surface area (Å²) in [6.07, 6.45) is 3.23. The van der Waals surface area contributed by atoms with Gasteiger partial charge in [-0.1, -0.05) is 12.2 Å². The Morgan fingerprint density at radius 3 is 2.48 bits per heavy atom. The summed E-state index contributed by atoms with van der Waals surface area (Å²) in [7, 11) is 0. The summed E-state index contributed by atoms with van der Waals surface area (Å²) >= 11 is 0. The molecule has 0 unspecified atom stereocenters. The van der Waals surface area contributed by atoms with Crippen molar-refractivity contribution < 1.29 is 19.2 Å². The zero-order valence-electron chi connectivity index (χ0n) is 15.2. The van der Waals surface area contributed by atoms with Crippen LogP contribution >= 0.6 is 0 Å². The number of rotatable bonds is 3. The van der Waals surface area contributed by atoms with Crippen LogP contribution in [0.4, 0.5) is 10.5 Å². The molecule has 0 saturated carbocycles. The zero-order valence-corrected chi connectivity index (χ0v) is 15.2. The molecule has 2 rings (SSSR count). The minimum atomic E-state index is -0.771. The van der Waals surface area contributed by atoms with Crippen molar-refractivity contribution in [2.45, 2.75) is 52.0 Å². The fourth-order valence-electron chi connectivity index (χ4n) is 2.57. The Morgan fingerprint density at radius 2 is 1.96 bits per heavy atom. The molecule has 1 amide bonds. The van der Waals surface area contributed by atoms with Gasteiger partial charge in [-0.15, -0.1) is 0 Å². The second-order valence-corrected chi connectivity index (χ2v) is 7.38. The second-order valence-electron chi connectivity index (χ2n) is 7.38. The van der Waals surface area contributed by atoms with Crippen molar-refractivity contribution in [3.8, 4) is 0 Å². The van der Waals surface area contributed by atoms with Crippen molar-refractivity contribution >= 4 is 17.9 Å². The SMILES string of the molecule is CC(C)(C)OC(=O)N1[C@@H](/C=C\c2ccc([N+](=O)[O-])cc2)COC1(C)C. The van der Waals surface area contributed by atoms with Gasteiger partial charge in [0.15, 0.2) is 0 Å². The third kappa shape index (κ3) is 4.79. The molecule has 1 saturated heterocycles. The molecule has 0 aromatic heterocycles. The summed E-state index contributed by atoms with van der Waals surface area (Å²) in [4.78, 5) is 24.4. The highest BCUT2D eigenvalue weighted by atomic mass is 16.6. The van der Waals surface area contributed by atoms with Crippen LogP contribution in [0.2, 0.25) is 0 Å². The van der Waals surface area contributed by atoms with E-state index in [1.165, 1.54) is 12.1 Å². The van der Waals surface area contributed by atoms with E-state index in [9.17, 15) is 14.9 Å². The van der Waals surface area contributed by atoms with Gasteiger partial charge in [-0.25, -0.2) is 4.79 Å². The topological polar surface area (TPSA) is 81.9 Å². The van der Waals surface area contributed by atoms with Crippen LogP contribution in [-0.4, -0.2) is 39.9 Å². The molecule has 1 aliphatic heterocycles. The summed E-state index contributed by atoms with van der Waals surface area (Å²) in [5.74, 6) is 0. The molecule has 7 nitrogen and oxygen atoms in total. The Morgan fingerprint density at radius 1 is 1.36 bits per heavy atom. The molecule has 7 heteroatoms. The monoisotopic (exact) mass is 348 g/mol. The lowest BCUT2D eigenvalue weighted by Gasteiger charge is -2.34. The van der Waals surface area contributed by atoms with Gasteiger partial charge in [0, 0.05) is 12.1 Å². The Kier molecular flexibility index (Phi) is 5.17. The lowest BCUT2D eigenvalue weighted by molar-refractivity contribution is -0.384. The molecular weight excluding hydrogens is 324 g/mol. The number of carbonyl (C=O) groups is 1. The van der Waals surface area contributed by atoms with Gasteiger partial charge in [-0.05, 0) is 52.3 Å². The first kappa shape index (κ1) is 18.9. The molecule has 1 heterocycles. The van der Waals surface area contributed by atoms with Gasteiger partial charge in [0.1, 0.15) is 11.3 Å². The van der Waals surface area contributed by atoms with E-state index in [1.54, 1.807) is 17.0 Å². The Balaban J connectivity index is 2.16. The molecule has 1 atom stereocenters. The summed E-state index contributed by atoms with van der Waals surface area (Å²) in [6, 6.07) is 5.93. The molecule has 0 radical (unpaired) electrons. The van der Waals surface area contributed by atoms with Gasteiger partial charge in [0.05, 0.1) is 17.6 Å². The number of hydrogen-bond acceptors (Lipinski definition) is 5. The van der Waals surface area contributed by atoms with E-state index in [0.29, 0.717) is 6.61 Å². The van der Waals surface area contributed by atoms with Crippen LogP contribution in [0.3, 0.4) is 0 Å². The van der Waals surface area contributed by atoms with Gasteiger partial charge < -0.3 is 9.47 Å². The Bertz CT molecular complexity index is 674. The van der Waals surface area contributed by atoms with Crippen LogP contribution < -0.4 is 0 Å². The third-order valence-corrected chi connectivity index (χ3v) is 3.72. The summed E-state index contributed by atoms with van der Waals surface area (Å²) in [5.41, 5.74) is -0.521. The highest BCUT2D eigenvalue weighted by Gasteiger charge is 2.44. The highest BCUT2D eigenvalue weighted by molar-refractivity contribution is 5.70. The minimum absolute atomic E-state index is 0.0397. The van der Waals surface area contributed by atoms with E-state index in [0.717, 1.165) is 5.56 Å². The number of nitrogens with zero attached hydrogens (tertiary/aromatic N) is 2. The van der Waals surface area contributed by atoms with Crippen molar-refractivity contribution in [3.63, 3.8) is 0 Å². The normalized spacial score (nSPS) is 20.0. The van der Waals surface area contributed by atoms with Crippen LogP contribution in [0, 0.1) is 10.1 Å². The lowest BCUT2D eigenvalue weighted by atomic mass is 10.1. The van der Waals surface area contributed by atoms with E-state index in [4.69, 9.17) is 9.47 Å². The molecule has 0 bridgehead atoms. The van der Waals surface area contributed by atoms with E-state index >= 15 is 0 Å². The van der Waals surface area contributed by atoms with E-state index in [1.807, 2.05) is 46.8 Å². The first-order valence-electron chi connectivity index (χ1n) is 8.08. The van der Waals surface area contributed by atoms with Gasteiger partial charge in [-0.2, -0.15) is 0 Å². The third-order valence-electron chi connectivity index (χ3n) is 3.72. The Labute approximate surface area is 147 Å². The number of benzene rings is 1. The van der Waals surface area contributed by atoms with Gasteiger partial charge >= 0.3 is 6.09 Å². The number of nitro benzene ring substituents is 1. The molecule has 0 aliphatic carbocycles. The van der Waals surface area contributed by atoms with Crippen LogP contribution in [0.5, 0.6) is 0 Å². The largest absolute Gasteiger partial charge is 0.444 e. The molecular formula is C18H24N2O5. The quantitative estimate of drug-likeness (QED) is 0.609. The highest BCUT2D eigenvalue weighted by Crippen LogP contribution is 2.30. The fourth-order valence-corrected chi connectivity index (χ4v) is 2.57. The molecule has 1 fully saturated rings. The molecule has 0 spiro atoms. The maximum Gasteiger partial charge on any atom is 0.413 e. The predicted molar refractivity (Wildman–Crippen MR) is 94.0 cm³/mol. The molecule has 1 aliphatic rings. The van der Waals surface area contributed by atoms with Gasteiger partial charge in [-0.3, -0.25) is 15.0 Å². The molecule has 0 N–H and O–H groups in total. The van der Waals surface area contributed by atoms with E-state index in [2.05, 4.69) is 0 Å². The first-order valence-corrected chi connectivity index (χ1v) is 8.08. The summed E-state index contributed by atoms with van der Waals surface area (Å²) in [6.45, 7) is 9.44. The summed E-state index contributed by atoms with van der Waals surface area (Å²) < 4.78 is 11.2. The first-order chi connectivity index (χ1) is 11.5. The average Bonchev–Trinajstić information content (AvgIpc) is 2.78. The summed E-state index contributed by atoms with van der Waals surface area (Å²) in [5, 5.41) is 10.7. The average molecular weight is 348 g/mol. The van der Waals surface area contributed by atoms with E-state index in [-0.39, 0.29) is 11.7 Å². The zero-order chi connectivity index (χ0) is 18.8. The van der Waals surface area contributed by atoms with Crippen molar-refractivity contribution in [2.75, 3.05) is 6.61 Å². The number of non-ortho nitro benzene ring substituents is 1. The molecule has 25 heavy (non-hydrogen) atoms. The Hall–Kier alpha value is -2.41. The molecule has 1 aromatic carbocycles. The smallest absolute Gasteiger partial charge is 0.413 e. The minimum Gasteiger partial charge on any atom is -0.444 e. The fraction of sp³-hybridized carbons (Fsp3) is 0.500. The maximum atomic E-state index is 12.5. The molecule has 1 aromatic rings. The lowest BCUT2D eigenvalue weighted by Crippen LogP contribution is -2.49. The van der Waals surface area contributed by atoms with Crippen molar-refractivity contribution in [1.29, 1.82) is 0 Å². The van der Waals surface area contributed by atoms with Gasteiger partial charge in [0.25, 0.3) is 5.69 Å². The number of nitro groups is 1. The predicted octanol–water partition coefficient (Wildman–Crippen LogP) is 3.98. The van der Waals surface area contributed by atoms with E-state index < -0.39 is 22.3 Å². The van der Waals surface area contributed by atoms with Crippen molar-refractivity contribution in [1.82, 2.24) is 4.90 Å². The number of hydrogen-bond donors (Lipinski definition) is 0. The van der Waals surface area contributed by atoms with Gasteiger partial charge in [0.2, 0.25) is 0 Å². The van der Waals surface area contributed by atoms with Crippen LogP contribution in [0.15, 0.2) is 30.3 Å². The number of ether oxygens (including phenoxy) is 2. The number of amides is 1. The molecule has 136 valence electrons. The van der Waals surface area contributed by atoms with Crippen LogP contribution in [0.1, 0.15) is 40.2 Å². The number of carbonyl (C=O) groups excluding carboxylic acids is 1. The second kappa shape index (κ2) is 6.84. The van der Waals surface area contributed by atoms with Crippen LogP contribution in [-0.2, 0) is 9.47 Å². The van der Waals surface area contributed by atoms with Crippen molar-refractivity contribution in [3.05, 3.63) is 46.0 Å².